The number of hydrogen-bond donors (Lipinski definition) is 1. The van der Waals surface area contributed by atoms with Crippen molar-refractivity contribution in [1.82, 2.24) is 9.62 Å². The molecule has 34 heavy (non-hydrogen) atoms. The Morgan fingerprint density at radius 1 is 1.21 bits per heavy atom. The summed E-state index contributed by atoms with van der Waals surface area (Å²) in [5.41, 5.74) is 1.11. The van der Waals surface area contributed by atoms with E-state index in [1.807, 2.05) is 48.5 Å². The van der Waals surface area contributed by atoms with Crippen molar-refractivity contribution in [3.05, 3.63) is 65.5 Å². The monoisotopic (exact) mass is 497 g/mol. The van der Waals surface area contributed by atoms with Crippen molar-refractivity contribution in [1.29, 1.82) is 0 Å². The Balaban J connectivity index is 0.00000199. The van der Waals surface area contributed by atoms with Crippen LogP contribution < -0.4 is 9.62 Å². The molecule has 11 heteroatoms. The van der Waals surface area contributed by atoms with Crippen LogP contribution in [0.1, 0.15) is 25.0 Å². The van der Waals surface area contributed by atoms with Crippen molar-refractivity contribution in [2.45, 2.75) is 26.8 Å². The fraction of sp³-hybridized carbons (Fsp3) is 0.391. The molecule has 2 aromatic carbocycles. The third kappa shape index (κ3) is 7.93. The zero-order valence-corrected chi connectivity index (χ0v) is 20.1. The molecule has 1 aliphatic rings. The van der Waals surface area contributed by atoms with Crippen LogP contribution in [-0.2, 0) is 22.5 Å². The van der Waals surface area contributed by atoms with Crippen LogP contribution in [0.3, 0.4) is 0 Å². The van der Waals surface area contributed by atoms with E-state index in [0.717, 1.165) is 19.2 Å². The van der Waals surface area contributed by atoms with Gasteiger partial charge in [-0.2, -0.15) is 5.10 Å². The first-order valence-corrected chi connectivity index (χ1v) is 12.0. The summed E-state index contributed by atoms with van der Waals surface area (Å²) >= 11 is -1.52. The highest BCUT2D eigenvalue weighted by Crippen LogP contribution is 2.23. The lowest BCUT2D eigenvalue weighted by molar-refractivity contribution is 0.0765. The van der Waals surface area contributed by atoms with Crippen LogP contribution in [0, 0.1) is 5.82 Å². The molecule has 0 saturated carbocycles. The minimum atomic E-state index is -2.71. The van der Waals surface area contributed by atoms with Crippen LogP contribution in [0.2, 0.25) is 0 Å². The Bertz CT molecular complexity index is 957. The molecular formula is C23H30F3N5O2S. The number of halogens is 3. The maximum Gasteiger partial charge on any atom is 0.272 e. The van der Waals surface area contributed by atoms with Crippen LogP contribution >= 0.6 is 0 Å². The summed E-state index contributed by atoms with van der Waals surface area (Å²) in [6.07, 6.45) is -2.71. The minimum absolute atomic E-state index is 0.0384. The number of rotatable bonds is 9. The van der Waals surface area contributed by atoms with Gasteiger partial charge in [0.2, 0.25) is 5.90 Å². The average Bonchev–Trinajstić information content (AvgIpc) is 2.87. The Hall–Kier alpha value is -2.76. The molecule has 2 aromatic rings. The molecule has 3 rings (SSSR count). The second kappa shape index (κ2) is 14.5. The van der Waals surface area contributed by atoms with Gasteiger partial charge in [-0.15, -0.1) is 5.10 Å². The molecule has 186 valence electrons. The number of nitrogens with zero attached hydrogens (tertiary/aromatic N) is 4. The zero-order chi connectivity index (χ0) is 24.9. The number of ether oxygens (including phenoxy) is 1. The molecule has 0 spiro atoms. The van der Waals surface area contributed by atoms with E-state index >= 15 is 0 Å². The number of alkyl halides is 2. The first-order valence-electron chi connectivity index (χ1n) is 10.9. The molecule has 1 N–H and O–H groups in total. The fourth-order valence-corrected chi connectivity index (χ4v) is 4.44. The van der Waals surface area contributed by atoms with Crippen LogP contribution in [0.4, 0.5) is 18.9 Å². The predicted molar refractivity (Wildman–Crippen MR) is 131 cm³/mol. The molecule has 1 fully saturated rings. The minimum Gasteiger partial charge on any atom is -0.470 e. The number of piperazine rings is 1. The number of para-hydroxylation sites is 1. The summed E-state index contributed by atoms with van der Waals surface area (Å²) in [6, 6.07) is 13.2. The van der Waals surface area contributed by atoms with Gasteiger partial charge in [0, 0.05) is 44.0 Å². The smallest absolute Gasteiger partial charge is 0.272 e. The molecule has 0 bridgehead atoms. The second-order valence-electron chi connectivity index (χ2n) is 6.84. The van der Waals surface area contributed by atoms with Crippen LogP contribution in [-0.4, -0.2) is 60.3 Å². The summed E-state index contributed by atoms with van der Waals surface area (Å²) in [4.78, 5) is 0. The molecule has 0 aromatic heterocycles. The van der Waals surface area contributed by atoms with Crippen molar-refractivity contribution in [2.75, 3.05) is 37.1 Å². The van der Waals surface area contributed by atoms with Crippen LogP contribution in [0.15, 0.2) is 58.7 Å². The van der Waals surface area contributed by atoms with Gasteiger partial charge in [0.25, 0.3) is 6.43 Å². The van der Waals surface area contributed by atoms with Gasteiger partial charge >= 0.3 is 0 Å². The first-order chi connectivity index (χ1) is 16.5. The zero-order valence-electron chi connectivity index (χ0n) is 19.3. The van der Waals surface area contributed by atoms with Gasteiger partial charge in [0.05, 0.1) is 12.2 Å². The third-order valence-corrected chi connectivity index (χ3v) is 6.17. The average molecular weight is 498 g/mol. The van der Waals surface area contributed by atoms with Crippen molar-refractivity contribution >= 4 is 29.5 Å². The molecule has 0 radical (unpaired) electrons. The SMILES string of the molecule is C=N/N=C(\OCC(F)F)c1ccc(CN(c2ccccc2)S(=O)N2CCNCC2)c(F)c1.CC. The summed E-state index contributed by atoms with van der Waals surface area (Å²) < 4.78 is 61.6. The lowest BCUT2D eigenvalue weighted by atomic mass is 10.1. The molecule has 0 amide bonds. The highest BCUT2D eigenvalue weighted by atomic mass is 32.2. The highest BCUT2D eigenvalue weighted by Gasteiger charge is 2.24. The lowest BCUT2D eigenvalue weighted by Crippen LogP contribution is -2.48. The fourth-order valence-electron chi connectivity index (χ4n) is 3.11. The summed E-state index contributed by atoms with van der Waals surface area (Å²) in [7, 11) is 0. The molecular weight excluding hydrogens is 467 g/mol. The molecule has 0 aliphatic carbocycles. The summed E-state index contributed by atoms with van der Waals surface area (Å²) in [5.74, 6) is -0.867. The molecule has 1 unspecified atom stereocenters. The molecule has 1 saturated heterocycles. The molecule has 1 aliphatic heterocycles. The van der Waals surface area contributed by atoms with Gasteiger partial charge in [0.15, 0.2) is 17.8 Å². The maximum atomic E-state index is 15.0. The Morgan fingerprint density at radius 3 is 2.47 bits per heavy atom. The van der Waals surface area contributed by atoms with Crippen LogP contribution in [0.25, 0.3) is 0 Å². The Kier molecular flexibility index (Phi) is 11.7. The van der Waals surface area contributed by atoms with Gasteiger partial charge in [-0.05, 0) is 24.3 Å². The molecule has 1 atom stereocenters. The van der Waals surface area contributed by atoms with E-state index in [1.54, 1.807) is 4.31 Å². The third-order valence-electron chi connectivity index (χ3n) is 4.65. The number of benzene rings is 2. The van der Waals surface area contributed by atoms with E-state index in [-0.39, 0.29) is 23.6 Å². The normalized spacial score (nSPS) is 15.3. The summed E-state index contributed by atoms with van der Waals surface area (Å²) in [5, 5.41) is 10.1. The second-order valence-corrected chi connectivity index (χ2v) is 8.26. The van der Waals surface area contributed by atoms with Gasteiger partial charge in [-0.3, -0.25) is 4.31 Å². The number of anilines is 1. The Morgan fingerprint density at radius 2 is 1.88 bits per heavy atom. The molecule has 1 heterocycles. The standard InChI is InChI=1S/C21H24F3N5O2S.C2H6/c1-25-27-21(31-15-20(23)24)16-7-8-17(19(22)13-16)14-29(18-5-3-2-4-6-18)32(30)28-11-9-26-10-12-28;1-2/h2-8,13,20,26H,1,9-12,14-15H2;1-2H3/b27-21-;. The van der Waals surface area contributed by atoms with Gasteiger partial charge in [-0.25, -0.2) is 21.7 Å². The van der Waals surface area contributed by atoms with E-state index in [4.69, 9.17) is 4.74 Å². The number of hydrogen-bond acceptors (Lipinski definition) is 5. The van der Waals surface area contributed by atoms with Crippen LogP contribution in [0.5, 0.6) is 0 Å². The lowest BCUT2D eigenvalue weighted by Gasteiger charge is -2.32. The van der Waals surface area contributed by atoms with E-state index in [2.05, 4.69) is 22.2 Å². The summed E-state index contributed by atoms with van der Waals surface area (Å²) in [6.45, 7) is 8.96. The number of nitrogens with one attached hydrogen (secondary N) is 1. The van der Waals surface area contributed by atoms with Gasteiger partial charge < -0.3 is 10.1 Å². The topological polar surface area (TPSA) is 69.5 Å². The highest BCUT2D eigenvalue weighted by molar-refractivity contribution is 7.84. The van der Waals surface area contributed by atoms with Gasteiger partial charge in [-0.1, -0.05) is 38.1 Å². The van der Waals surface area contributed by atoms with E-state index in [1.165, 1.54) is 12.1 Å². The van der Waals surface area contributed by atoms with Gasteiger partial charge in [0.1, 0.15) is 5.82 Å². The molecule has 7 nitrogen and oxygen atoms in total. The largest absolute Gasteiger partial charge is 0.470 e. The Labute approximate surface area is 201 Å². The first kappa shape index (κ1) is 27.5. The van der Waals surface area contributed by atoms with E-state index in [0.29, 0.717) is 18.8 Å². The van der Waals surface area contributed by atoms with Crippen molar-refractivity contribution < 1.29 is 22.1 Å². The quantitative estimate of drug-likeness (QED) is 0.324. The van der Waals surface area contributed by atoms with Crippen molar-refractivity contribution in [2.24, 2.45) is 10.2 Å². The van der Waals surface area contributed by atoms with Crippen molar-refractivity contribution in [3.8, 4) is 0 Å². The van der Waals surface area contributed by atoms with E-state index < -0.39 is 30.0 Å². The predicted octanol–water partition coefficient (Wildman–Crippen LogP) is 3.99. The van der Waals surface area contributed by atoms with E-state index in [9.17, 15) is 17.4 Å². The van der Waals surface area contributed by atoms with Crippen molar-refractivity contribution in [3.63, 3.8) is 0 Å². The maximum absolute atomic E-state index is 15.0.